The summed E-state index contributed by atoms with van der Waals surface area (Å²) in [4.78, 5) is 0. The Morgan fingerprint density at radius 3 is 2.27 bits per heavy atom. The van der Waals surface area contributed by atoms with E-state index < -0.39 is 0 Å². The maximum absolute atomic E-state index is 5.62. The molecule has 0 aliphatic heterocycles. The monoisotopic (exact) mass is 171 g/mol. The average Bonchev–Trinajstić information content (AvgIpc) is 1.88. The van der Waals surface area contributed by atoms with Crippen molar-refractivity contribution in [1.29, 1.82) is 0 Å². The van der Waals surface area contributed by atoms with Crippen molar-refractivity contribution in [3.05, 3.63) is 35.9 Å². The van der Waals surface area contributed by atoms with E-state index in [9.17, 15) is 0 Å². The van der Waals surface area contributed by atoms with E-state index in [1.165, 1.54) is 5.56 Å². The van der Waals surface area contributed by atoms with Crippen LogP contribution in [0.5, 0.6) is 0 Å². The molecular formula is C9H14ClN. The zero-order valence-corrected chi connectivity index (χ0v) is 7.47. The molecule has 0 radical (unpaired) electrons. The topological polar surface area (TPSA) is 26.0 Å². The lowest BCUT2D eigenvalue weighted by molar-refractivity contribution is 0.738. The van der Waals surface area contributed by atoms with Gasteiger partial charge in [-0.25, -0.2) is 0 Å². The van der Waals surface area contributed by atoms with Crippen LogP contribution in [0.25, 0.3) is 0 Å². The minimum Gasteiger partial charge on any atom is -0.328 e. The predicted molar refractivity (Wildman–Crippen MR) is 51.0 cm³/mol. The molecule has 0 amide bonds. The predicted octanol–water partition coefficient (Wildman–Crippen LogP) is 2.00. The van der Waals surface area contributed by atoms with Gasteiger partial charge in [0.15, 0.2) is 0 Å². The zero-order chi connectivity index (χ0) is 7.40. The molecule has 2 heteroatoms. The number of halogens is 1. The molecule has 2 N–H and O–H groups in total. The summed E-state index contributed by atoms with van der Waals surface area (Å²) in [6.07, 6.45) is 0.973. The zero-order valence-electron chi connectivity index (χ0n) is 6.66. The first-order valence-electron chi connectivity index (χ1n) is 3.58. The van der Waals surface area contributed by atoms with Crippen LogP contribution < -0.4 is 5.73 Å². The van der Waals surface area contributed by atoms with Gasteiger partial charge in [0.25, 0.3) is 0 Å². The summed E-state index contributed by atoms with van der Waals surface area (Å²) in [6, 6.07) is 10.6. The van der Waals surface area contributed by atoms with Crippen molar-refractivity contribution in [1.82, 2.24) is 0 Å². The minimum absolute atomic E-state index is 0. The molecule has 1 atom stereocenters. The number of hydrogen-bond donors (Lipinski definition) is 1. The summed E-state index contributed by atoms with van der Waals surface area (Å²) in [5.74, 6) is 0. The van der Waals surface area contributed by atoms with Crippen molar-refractivity contribution < 1.29 is 0 Å². The summed E-state index contributed by atoms with van der Waals surface area (Å²) in [5.41, 5.74) is 6.94. The van der Waals surface area contributed by atoms with Gasteiger partial charge in [0.05, 0.1) is 0 Å². The molecule has 11 heavy (non-hydrogen) atoms. The Bertz CT molecular complexity index is 184. The van der Waals surface area contributed by atoms with Gasteiger partial charge in [-0.3, -0.25) is 0 Å². The fourth-order valence-electron chi connectivity index (χ4n) is 0.986. The van der Waals surface area contributed by atoms with Gasteiger partial charge in [-0.2, -0.15) is 0 Å². The van der Waals surface area contributed by atoms with E-state index in [-0.39, 0.29) is 18.4 Å². The van der Waals surface area contributed by atoms with Crippen LogP contribution in [0.3, 0.4) is 0 Å². The third-order valence-corrected chi connectivity index (χ3v) is 1.40. The van der Waals surface area contributed by atoms with Gasteiger partial charge in [0, 0.05) is 6.04 Å². The van der Waals surface area contributed by atoms with E-state index in [0.717, 1.165) is 6.42 Å². The van der Waals surface area contributed by atoms with Gasteiger partial charge in [-0.1, -0.05) is 30.3 Å². The molecule has 1 aromatic rings. The highest BCUT2D eigenvalue weighted by Gasteiger charge is 1.94. The first-order valence-corrected chi connectivity index (χ1v) is 3.58. The van der Waals surface area contributed by atoms with Crippen LogP contribution in [0, 0.1) is 0 Å². The van der Waals surface area contributed by atoms with Gasteiger partial charge < -0.3 is 5.73 Å². The highest BCUT2D eigenvalue weighted by Crippen LogP contribution is 2.00. The van der Waals surface area contributed by atoms with E-state index in [4.69, 9.17) is 5.73 Å². The van der Waals surface area contributed by atoms with Crippen LogP contribution in [0.2, 0.25) is 0 Å². The Morgan fingerprint density at radius 2 is 1.82 bits per heavy atom. The number of benzene rings is 1. The summed E-state index contributed by atoms with van der Waals surface area (Å²) >= 11 is 0. The van der Waals surface area contributed by atoms with Gasteiger partial charge >= 0.3 is 0 Å². The largest absolute Gasteiger partial charge is 0.328 e. The third kappa shape index (κ3) is 4.02. The quantitative estimate of drug-likeness (QED) is 0.724. The molecular weight excluding hydrogens is 158 g/mol. The Morgan fingerprint density at radius 1 is 1.27 bits per heavy atom. The van der Waals surface area contributed by atoms with E-state index >= 15 is 0 Å². The molecule has 0 spiro atoms. The van der Waals surface area contributed by atoms with Gasteiger partial charge in [-0.05, 0) is 18.9 Å². The first kappa shape index (κ1) is 10.5. The Balaban J connectivity index is 0.000001000. The minimum atomic E-state index is 0. The third-order valence-electron chi connectivity index (χ3n) is 1.40. The summed E-state index contributed by atoms with van der Waals surface area (Å²) in [5, 5.41) is 0. The molecule has 0 saturated carbocycles. The molecule has 0 aliphatic rings. The summed E-state index contributed by atoms with van der Waals surface area (Å²) in [6.45, 7) is 2.02. The Hall–Kier alpha value is -0.530. The maximum Gasteiger partial charge on any atom is 0.00509 e. The molecule has 0 saturated heterocycles. The second kappa shape index (κ2) is 5.16. The number of nitrogens with two attached hydrogens (primary N) is 1. The standard InChI is InChI=1S/C9H13N.ClH/c1-8(10)7-9-5-3-2-4-6-9;/h2-6,8H,7,10H2,1H3;1H/t8-;/m0./s1. The van der Waals surface area contributed by atoms with Crippen LogP contribution in [0.15, 0.2) is 30.3 Å². The SMILES string of the molecule is C[C@H](N)Cc1ccccc1.Cl. The molecule has 0 aliphatic carbocycles. The molecule has 0 fully saturated rings. The molecule has 1 nitrogen and oxygen atoms in total. The van der Waals surface area contributed by atoms with Gasteiger partial charge in [0.2, 0.25) is 0 Å². The highest BCUT2D eigenvalue weighted by molar-refractivity contribution is 5.85. The van der Waals surface area contributed by atoms with Crippen LogP contribution in [0.4, 0.5) is 0 Å². The lowest BCUT2D eigenvalue weighted by Crippen LogP contribution is -2.17. The fraction of sp³-hybridized carbons (Fsp3) is 0.333. The van der Waals surface area contributed by atoms with Crippen LogP contribution in [-0.4, -0.2) is 6.04 Å². The maximum atomic E-state index is 5.62. The van der Waals surface area contributed by atoms with Crippen molar-refractivity contribution in [2.75, 3.05) is 0 Å². The van der Waals surface area contributed by atoms with Crippen molar-refractivity contribution in [3.63, 3.8) is 0 Å². The Labute approximate surface area is 74.0 Å². The van der Waals surface area contributed by atoms with Crippen molar-refractivity contribution in [2.45, 2.75) is 19.4 Å². The fourth-order valence-corrected chi connectivity index (χ4v) is 0.986. The Kier molecular flexibility index (Phi) is 4.92. The lowest BCUT2D eigenvalue weighted by atomic mass is 10.1. The summed E-state index contributed by atoms with van der Waals surface area (Å²) in [7, 11) is 0. The lowest BCUT2D eigenvalue weighted by Gasteiger charge is -2.02. The second-order valence-corrected chi connectivity index (χ2v) is 2.67. The van der Waals surface area contributed by atoms with E-state index in [1.807, 2.05) is 25.1 Å². The van der Waals surface area contributed by atoms with Gasteiger partial charge in [0.1, 0.15) is 0 Å². The smallest absolute Gasteiger partial charge is 0.00509 e. The number of hydrogen-bond acceptors (Lipinski definition) is 1. The molecule has 0 bridgehead atoms. The molecule has 0 heterocycles. The van der Waals surface area contributed by atoms with Crippen molar-refractivity contribution >= 4 is 12.4 Å². The average molecular weight is 172 g/mol. The van der Waals surface area contributed by atoms with Crippen LogP contribution in [-0.2, 0) is 6.42 Å². The summed E-state index contributed by atoms with van der Waals surface area (Å²) < 4.78 is 0. The van der Waals surface area contributed by atoms with Gasteiger partial charge in [-0.15, -0.1) is 12.4 Å². The van der Waals surface area contributed by atoms with E-state index in [0.29, 0.717) is 0 Å². The molecule has 0 aromatic heterocycles. The van der Waals surface area contributed by atoms with Crippen LogP contribution in [0.1, 0.15) is 12.5 Å². The first-order chi connectivity index (χ1) is 4.79. The number of rotatable bonds is 2. The normalized spacial score (nSPS) is 11.8. The van der Waals surface area contributed by atoms with E-state index in [2.05, 4.69) is 12.1 Å². The second-order valence-electron chi connectivity index (χ2n) is 2.67. The molecule has 62 valence electrons. The van der Waals surface area contributed by atoms with Crippen molar-refractivity contribution in [2.24, 2.45) is 5.73 Å². The highest BCUT2D eigenvalue weighted by atomic mass is 35.5. The van der Waals surface area contributed by atoms with Crippen molar-refractivity contribution in [3.8, 4) is 0 Å². The molecule has 1 rings (SSSR count). The van der Waals surface area contributed by atoms with E-state index in [1.54, 1.807) is 0 Å². The molecule has 0 unspecified atom stereocenters. The van der Waals surface area contributed by atoms with Crippen LogP contribution >= 0.6 is 12.4 Å². The molecule has 1 aromatic carbocycles.